The molecule has 0 aliphatic carbocycles. The molecule has 7 heteroatoms. The number of rotatable bonds is 4. The van der Waals surface area contributed by atoms with Gasteiger partial charge in [-0.25, -0.2) is 11.7 Å². The van der Waals surface area contributed by atoms with Crippen LogP contribution >= 0.6 is 11.6 Å². The van der Waals surface area contributed by atoms with Crippen molar-refractivity contribution in [3.63, 3.8) is 0 Å². The number of hydrogen-bond donors (Lipinski definition) is 4. The van der Waals surface area contributed by atoms with Crippen LogP contribution in [0.2, 0.25) is 5.02 Å². The average molecular weight is 257 g/mol. The molecule has 0 bridgehead atoms. The minimum atomic E-state index is -0.766. The lowest BCUT2D eigenvalue weighted by atomic mass is 9.94. The van der Waals surface area contributed by atoms with E-state index in [0.717, 1.165) is 0 Å². The second-order valence-electron chi connectivity index (χ2n) is 3.35. The Labute approximate surface area is 103 Å². The van der Waals surface area contributed by atoms with E-state index in [2.05, 4.69) is 0 Å². The standard InChI is InChI=1S/C10H13ClN4O2/c11-8-4-2-1-3-6(8)7(10(17)15-13)5-9(16)14-12/h1-4,7H,5,12-13H2,(H,14,16)(H,15,17)/t7-/m1/s1. The van der Waals surface area contributed by atoms with E-state index < -0.39 is 17.7 Å². The van der Waals surface area contributed by atoms with Crippen LogP contribution in [0.4, 0.5) is 0 Å². The van der Waals surface area contributed by atoms with Crippen molar-refractivity contribution in [2.24, 2.45) is 11.7 Å². The van der Waals surface area contributed by atoms with Crippen molar-refractivity contribution in [3.05, 3.63) is 34.9 Å². The van der Waals surface area contributed by atoms with E-state index in [1.165, 1.54) is 0 Å². The van der Waals surface area contributed by atoms with E-state index in [4.69, 9.17) is 23.3 Å². The summed E-state index contributed by atoms with van der Waals surface area (Å²) < 4.78 is 0. The fourth-order valence-electron chi connectivity index (χ4n) is 1.45. The lowest BCUT2D eigenvalue weighted by Crippen LogP contribution is -2.38. The van der Waals surface area contributed by atoms with Crippen molar-refractivity contribution < 1.29 is 9.59 Å². The quantitative estimate of drug-likeness (QED) is 0.339. The molecule has 1 aromatic rings. The zero-order valence-corrected chi connectivity index (χ0v) is 9.70. The number of hydrogen-bond acceptors (Lipinski definition) is 4. The van der Waals surface area contributed by atoms with Crippen LogP contribution in [-0.2, 0) is 9.59 Å². The van der Waals surface area contributed by atoms with Crippen LogP contribution in [-0.4, -0.2) is 11.8 Å². The molecule has 6 N–H and O–H groups in total. The van der Waals surface area contributed by atoms with Gasteiger partial charge in [-0.05, 0) is 11.6 Å². The molecule has 0 heterocycles. The second kappa shape index (κ2) is 6.19. The number of halogens is 1. The maximum Gasteiger partial charge on any atom is 0.241 e. The molecule has 0 aliphatic heterocycles. The number of carbonyl (C=O) groups excluding carboxylic acids is 2. The first kappa shape index (κ1) is 13.4. The van der Waals surface area contributed by atoms with Gasteiger partial charge < -0.3 is 0 Å². The number of amides is 2. The maximum atomic E-state index is 11.6. The molecule has 0 fully saturated rings. The predicted molar refractivity (Wildman–Crippen MR) is 63.5 cm³/mol. The Morgan fingerprint density at radius 1 is 1.24 bits per heavy atom. The predicted octanol–water partition coefficient (Wildman–Crippen LogP) is -0.206. The van der Waals surface area contributed by atoms with Crippen LogP contribution in [0, 0.1) is 0 Å². The van der Waals surface area contributed by atoms with Gasteiger partial charge in [0.1, 0.15) is 0 Å². The number of nitrogens with two attached hydrogens (primary N) is 2. The highest BCUT2D eigenvalue weighted by Crippen LogP contribution is 2.26. The van der Waals surface area contributed by atoms with Gasteiger partial charge in [-0.1, -0.05) is 29.8 Å². The summed E-state index contributed by atoms with van der Waals surface area (Å²) in [6.45, 7) is 0. The number of benzene rings is 1. The molecule has 1 rings (SSSR count). The monoisotopic (exact) mass is 256 g/mol. The van der Waals surface area contributed by atoms with E-state index in [0.29, 0.717) is 10.6 Å². The number of hydrazine groups is 2. The summed E-state index contributed by atoms with van der Waals surface area (Å²) in [6, 6.07) is 6.74. The van der Waals surface area contributed by atoms with Crippen molar-refractivity contribution in [1.82, 2.24) is 10.9 Å². The van der Waals surface area contributed by atoms with Gasteiger partial charge in [0, 0.05) is 11.4 Å². The minimum Gasteiger partial charge on any atom is -0.294 e. The molecule has 0 unspecified atom stereocenters. The normalized spacial score (nSPS) is 11.7. The molecule has 0 saturated heterocycles. The molecule has 1 aromatic carbocycles. The molecule has 0 spiro atoms. The summed E-state index contributed by atoms with van der Waals surface area (Å²) in [5.74, 6) is 8.32. The highest BCUT2D eigenvalue weighted by Gasteiger charge is 2.24. The zero-order chi connectivity index (χ0) is 12.8. The van der Waals surface area contributed by atoms with Gasteiger partial charge in [-0.15, -0.1) is 0 Å². The summed E-state index contributed by atoms with van der Waals surface area (Å²) in [5, 5.41) is 0.394. The summed E-state index contributed by atoms with van der Waals surface area (Å²) in [6.07, 6.45) is -0.122. The molecule has 92 valence electrons. The summed E-state index contributed by atoms with van der Waals surface area (Å²) in [5.41, 5.74) is 4.49. The van der Waals surface area contributed by atoms with Crippen LogP contribution < -0.4 is 22.5 Å². The van der Waals surface area contributed by atoms with Gasteiger partial charge in [0.15, 0.2) is 0 Å². The largest absolute Gasteiger partial charge is 0.294 e. The lowest BCUT2D eigenvalue weighted by molar-refractivity contribution is -0.127. The third kappa shape index (κ3) is 3.42. The Balaban J connectivity index is 3.02. The molecule has 0 radical (unpaired) electrons. The molecular weight excluding hydrogens is 244 g/mol. The fraction of sp³-hybridized carbons (Fsp3) is 0.200. The first-order chi connectivity index (χ1) is 8.10. The van der Waals surface area contributed by atoms with Crippen molar-refractivity contribution in [1.29, 1.82) is 0 Å². The minimum absolute atomic E-state index is 0.122. The van der Waals surface area contributed by atoms with E-state index in [9.17, 15) is 9.59 Å². The van der Waals surface area contributed by atoms with Crippen molar-refractivity contribution in [3.8, 4) is 0 Å². The van der Waals surface area contributed by atoms with Gasteiger partial charge in [-0.2, -0.15) is 0 Å². The van der Waals surface area contributed by atoms with E-state index >= 15 is 0 Å². The van der Waals surface area contributed by atoms with Gasteiger partial charge in [0.25, 0.3) is 0 Å². The highest BCUT2D eigenvalue weighted by molar-refractivity contribution is 6.31. The average Bonchev–Trinajstić information content (AvgIpc) is 2.35. The molecule has 0 saturated carbocycles. The number of carbonyl (C=O) groups is 2. The third-order valence-electron chi connectivity index (χ3n) is 2.29. The Morgan fingerprint density at radius 2 is 1.88 bits per heavy atom. The van der Waals surface area contributed by atoms with Crippen LogP contribution in [0.3, 0.4) is 0 Å². The molecule has 2 amide bonds. The van der Waals surface area contributed by atoms with Crippen LogP contribution in [0.1, 0.15) is 17.9 Å². The smallest absolute Gasteiger partial charge is 0.241 e. The first-order valence-electron chi connectivity index (χ1n) is 4.84. The topological polar surface area (TPSA) is 110 Å². The lowest BCUT2D eigenvalue weighted by Gasteiger charge is -2.15. The Bertz CT molecular complexity index is 425. The molecule has 17 heavy (non-hydrogen) atoms. The van der Waals surface area contributed by atoms with Gasteiger partial charge in [0.05, 0.1) is 5.92 Å². The summed E-state index contributed by atoms with van der Waals surface area (Å²) in [4.78, 5) is 22.8. The van der Waals surface area contributed by atoms with E-state index in [1.54, 1.807) is 24.3 Å². The molecule has 0 aliphatic rings. The van der Waals surface area contributed by atoms with Crippen molar-refractivity contribution in [2.75, 3.05) is 0 Å². The Morgan fingerprint density at radius 3 is 2.41 bits per heavy atom. The molecular formula is C10H13ClN4O2. The first-order valence-corrected chi connectivity index (χ1v) is 5.22. The third-order valence-corrected chi connectivity index (χ3v) is 2.63. The van der Waals surface area contributed by atoms with Gasteiger partial charge in [0.2, 0.25) is 11.8 Å². The fourth-order valence-corrected chi connectivity index (χ4v) is 1.71. The summed E-state index contributed by atoms with van der Waals surface area (Å²) >= 11 is 5.96. The van der Waals surface area contributed by atoms with Crippen LogP contribution in [0.15, 0.2) is 24.3 Å². The van der Waals surface area contributed by atoms with Gasteiger partial charge >= 0.3 is 0 Å². The SMILES string of the molecule is NNC(=O)C[C@@H](C(=O)NN)c1ccccc1Cl. The van der Waals surface area contributed by atoms with E-state index in [1.807, 2.05) is 10.9 Å². The van der Waals surface area contributed by atoms with Crippen LogP contribution in [0.5, 0.6) is 0 Å². The molecule has 0 aromatic heterocycles. The highest BCUT2D eigenvalue weighted by atomic mass is 35.5. The second-order valence-corrected chi connectivity index (χ2v) is 3.76. The zero-order valence-electron chi connectivity index (χ0n) is 8.94. The molecule has 1 atom stereocenters. The van der Waals surface area contributed by atoms with Crippen molar-refractivity contribution in [2.45, 2.75) is 12.3 Å². The van der Waals surface area contributed by atoms with Crippen molar-refractivity contribution >= 4 is 23.4 Å². The summed E-state index contributed by atoms with van der Waals surface area (Å²) in [7, 11) is 0. The van der Waals surface area contributed by atoms with E-state index in [-0.39, 0.29) is 6.42 Å². The molecule has 6 nitrogen and oxygen atoms in total. The van der Waals surface area contributed by atoms with Gasteiger partial charge in [-0.3, -0.25) is 20.4 Å². The Hall–Kier alpha value is -1.63. The Kier molecular flexibility index (Phi) is 4.89. The number of nitrogens with one attached hydrogen (secondary N) is 2. The maximum absolute atomic E-state index is 11.6. The van der Waals surface area contributed by atoms with Crippen LogP contribution in [0.25, 0.3) is 0 Å².